The van der Waals surface area contributed by atoms with E-state index in [9.17, 15) is 0 Å². The van der Waals surface area contributed by atoms with Gasteiger partial charge in [-0.1, -0.05) is 0 Å². The fraction of sp³-hybridized carbons (Fsp3) is 0.700. The van der Waals surface area contributed by atoms with Crippen molar-refractivity contribution in [2.75, 3.05) is 6.54 Å². The lowest BCUT2D eigenvalue weighted by molar-refractivity contribution is 0.392. The van der Waals surface area contributed by atoms with Gasteiger partial charge in [-0.25, -0.2) is 4.98 Å². The summed E-state index contributed by atoms with van der Waals surface area (Å²) in [5.74, 6) is 2.43. The summed E-state index contributed by atoms with van der Waals surface area (Å²) in [6, 6.07) is 0. The molecule has 0 aliphatic heterocycles. The van der Waals surface area contributed by atoms with Gasteiger partial charge >= 0.3 is 0 Å². The van der Waals surface area contributed by atoms with Crippen molar-refractivity contribution in [2.45, 2.75) is 38.5 Å². The van der Waals surface area contributed by atoms with E-state index in [0.29, 0.717) is 5.92 Å². The van der Waals surface area contributed by atoms with E-state index in [0.717, 1.165) is 31.0 Å². The number of nitrogens with zero attached hydrogens (tertiary/aromatic N) is 1. The van der Waals surface area contributed by atoms with E-state index in [4.69, 9.17) is 10.2 Å². The molecule has 1 heterocycles. The first-order valence-electron chi connectivity index (χ1n) is 4.97. The molecule has 0 saturated carbocycles. The minimum Gasteiger partial charge on any atom is -0.445 e. The molecule has 0 fully saturated rings. The molecule has 0 bridgehead atoms. The van der Waals surface area contributed by atoms with Gasteiger partial charge in [0.15, 0.2) is 5.89 Å². The topological polar surface area (TPSA) is 52.0 Å². The maximum Gasteiger partial charge on any atom is 0.191 e. The quantitative estimate of drug-likeness (QED) is 0.754. The first-order chi connectivity index (χ1) is 6.31. The van der Waals surface area contributed by atoms with Crippen LogP contribution in [-0.2, 0) is 6.42 Å². The van der Waals surface area contributed by atoms with E-state index < -0.39 is 0 Å². The number of hydrogen-bond acceptors (Lipinski definition) is 3. The lowest BCUT2D eigenvalue weighted by atomic mass is 9.88. The molecule has 1 aliphatic rings. The van der Waals surface area contributed by atoms with E-state index in [2.05, 4.69) is 4.98 Å². The van der Waals surface area contributed by atoms with Crippen LogP contribution in [0.25, 0.3) is 0 Å². The van der Waals surface area contributed by atoms with Gasteiger partial charge in [0.2, 0.25) is 0 Å². The highest BCUT2D eigenvalue weighted by atomic mass is 16.4. The van der Waals surface area contributed by atoms with Crippen molar-refractivity contribution < 1.29 is 4.42 Å². The van der Waals surface area contributed by atoms with Crippen molar-refractivity contribution in [3.05, 3.63) is 17.3 Å². The van der Waals surface area contributed by atoms with E-state index in [1.54, 1.807) is 0 Å². The molecule has 72 valence electrons. The molecular formula is C10H16N2O. The van der Waals surface area contributed by atoms with E-state index in [1.165, 1.54) is 18.5 Å². The first kappa shape index (κ1) is 8.75. The average Bonchev–Trinajstić information content (AvgIpc) is 2.47. The molecule has 3 heteroatoms. The van der Waals surface area contributed by atoms with Gasteiger partial charge < -0.3 is 10.2 Å². The van der Waals surface area contributed by atoms with Crippen LogP contribution in [0.1, 0.15) is 42.5 Å². The highest BCUT2D eigenvalue weighted by Crippen LogP contribution is 2.33. The van der Waals surface area contributed by atoms with E-state index >= 15 is 0 Å². The summed E-state index contributed by atoms with van der Waals surface area (Å²) in [5.41, 5.74) is 6.73. The number of rotatable bonds is 2. The second-order valence-electron chi connectivity index (χ2n) is 3.71. The summed E-state index contributed by atoms with van der Waals surface area (Å²) >= 11 is 0. The molecule has 1 aromatic heterocycles. The largest absolute Gasteiger partial charge is 0.445 e. The zero-order valence-corrected chi connectivity index (χ0v) is 8.05. The van der Waals surface area contributed by atoms with Gasteiger partial charge in [-0.2, -0.15) is 0 Å². The maximum absolute atomic E-state index is 5.60. The molecular weight excluding hydrogens is 164 g/mol. The van der Waals surface area contributed by atoms with Crippen LogP contribution >= 0.6 is 0 Å². The van der Waals surface area contributed by atoms with Crippen molar-refractivity contribution in [1.82, 2.24) is 4.98 Å². The number of aromatic nitrogens is 1. The normalized spacial score (nSPS) is 21.5. The Labute approximate surface area is 78.3 Å². The van der Waals surface area contributed by atoms with E-state index in [1.807, 2.05) is 6.92 Å². The SMILES string of the molecule is Cc1nc2c(o1)C(CCN)CCC2. The number of hydrogen-bond donors (Lipinski definition) is 1. The standard InChI is InChI=1S/C10H16N2O/c1-7-12-9-4-2-3-8(5-6-11)10(9)13-7/h8H,2-6,11H2,1H3. The second kappa shape index (κ2) is 3.50. The zero-order valence-electron chi connectivity index (χ0n) is 8.05. The van der Waals surface area contributed by atoms with Crippen LogP contribution in [0.2, 0.25) is 0 Å². The van der Waals surface area contributed by atoms with Crippen molar-refractivity contribution in [2.24, 2.45) is 5.73 Å². The third-order valence-corrected chi connectivity index (χ3v) is 2.69. The third-order valence-electron chi connectivity index (χ3n) is 2.69. The summed E-state index contributed by atoms with van der Waals surface area (Å²) in [6.07, 6.45) is 4.54. The predicted molar refractivity (Wildman–Crippen MR) is 50.6 cm³/mol. The van der Waals surface area contributed by atoms with Crippen molar-refractivity contribution >= 4 is 0 Å². The van der Waals surface area contributed by atoms with Crippen LogP contribution in [0.15, 0.2) is 4.42 Å². The summed E-state index contributed by atoms with van der Waals surface area (Å²) in [6.45, 7) is 2.65. The monoisotopic (exact) mass is 180 g/mol. The maximum atomic E-state index is 5.60. The number of oxazole rings is 1. The zero-order chi connectivity index (χ0) is 9.26. The summed E-state index contributed by atoms with van der Waals surface area (Å²) in [4.78, 5) is 4.38. The van der Waals surface area contributed by atoms with Crippen LogP contribution in [0, 0.1) is 6.92 Å². The number of aryl methyl sites for hydroxylation is 2. The molecule has 0 amide bonds. The molecule has 3 nitrogen and oxygen atoms in total. The fourth-order valence-electron chi connectivity index (χ4n) is 2.11. The molecule has 13 heavy (non-hydrogen) atoms. The minimum absolute atomic E-state index is 0.523. The Morgan fingerprint density at radius 2 is 2.46 bits per heavy atom. The van der Waals surface area contributed by atoms with Crippen LogP contribution in [0.4, 0.5) is 0 Å². The van der Waals surface area contributed by atoms with Crippen LogP contribution < -0.4 is 5.73 Å². The molecule has 2 rings (SSSR count). The lowest BCUT2D eigenvalue weighted by Crippen LogP contribution is -2.12. The van der Waals surface area contributed by atoms with Crippen LogP contribution in [0.3, 0.4) is 0 Å². The Bertz CT molecular complexity index is 293. The molecule has 1 aromatic rings. The lowest BCUT2D eigenvalue weighted by Gasteiger charge is -2.18. The molecule has 0 spiro atoms. The third kappa shape index (κ3) is 1.61. The molecule has 1 atom stereocenters. The fourth-order valence-corrected chi connectivity index (χ4v) is 2.11. The molecule has 1 aliphatic carbocycles. The van der Waals surface area contributed by atoms with Gasteiger partial charge in [0.1, 0.15) is 5.76 Å². The first-order valence-corrected chi connectivity index (χ1v) is 4.97. The number of nitrogens with two attached hydrogens (primary N) is 1. The predicted octanol–water partition coefficient (Wildman–Crippen LogP) is 1.75. The Hall–Kier alpha value is -0.830. The van der Waals surface area contributed by atoms with Crippen molar-refractivity contribution in [3.8, 4) is 0 Å². The molecule has 1 unspecified atom stereocenters. The number of fused-ring (bicyclic) bond motifs is 1. The van der Waals surface area contributed by atoms with Gasteiger partial charge in [0.25, 0.3) is 0 Å². The average molecular weight is 180 g/mol. The van der Waals surface area contributed by atoms with Gasteiger partial charge in [0.05, 0.1) is 5.69 Å². The van der Waals surface area contributed by atoms with Gasteiger partial charge in [-0.05, 0) is 32.2 Å². The smallest absolute Gasteiger partial charge is 0.191 e. The van der Waals surface area contributed by atoms with Crippen molar-refractivity contribution in [1.29, 1.82) is 0 Å². The second-order valence-corrected chi connectivity index (χ2v) is 3.71. The molecule has 0 aromatic carbocycles. The summed E-state index contributed by atoms with van der Waals surface area (Å²) in [5, 5.41) is 0. The summed E-state index contributed by atoms with van der Waals surface area (Å²) < 4.78 is 5.60. The molecule has 0 saturated heterocycles. The van der Waals surface area contributed by atoms with Gasteiger partial charge in [0, 0.05) is 12.8 Å². The van der Waals surface area contributed by atoms with Crippen molar-refractivity contribution in [3.63, 3.8) is 0 Å². The minimum atomic E-state index is 0.523. The Balaban J connectivity index is 2.25. The van der Waals surface area contributed by atoms with Crippen LogP contribution in [-0.4, -0.2) is 11.5 Å². The van der Waals surface area contributed by atoms with Crippen LogP contribution in [0.5, 0.6) is 0 Å². The molecule has 2 N–H and O–H groups in total. The van der Waals surface area contributed by atoms with E-state index in [-0.39, 0.29) is 0 Å². The Kier molecular flexibility index (Phi) is 2.36. The van der Waals surface area contributed by atoms with Gasteiger partial charge in [-0.3, -0.25) is 0 Å². The summed E-state index contributed by atoms with van der Waals surface area (Å²) in [7, 11) is 0. The molecule has 0 radical (unpaired) electrons. The highest BCUT2D eigenvalue weighted by Gasteiger charge is 2.24. The van der Waals surface area contributed by atoms with Gasteiger partial charge in [-0.15, -0.1) is 0 Å². The Morgan fingerprint density at radius 1 is 1.62 bits per heavy atom. The Morgan fingerprint density at radius 3 is 3.23 bits per heavy atom. The highest BCUT2D eigenvalue weighted by molar-refractivity contribution is 5.17.